The molecule has 1 aliphatic rings. The van der Waals surface area contributed by atoms with E-state index in [9.17, 15) is 8.78 Å². The smallest absolute Gasteiger partial charge is 0.129 e. The second-order valence-corrected chi connectivity index (χ2v) is 6.63. The number of rotatable bonds is 5. The second-order valence-electron chi connectivity index (χ2n) is 6.63. The second kappa shape index (κ2) is 7.35. The van der Waals surface area contributed by atoms with Gasteiger partial charge in [0.15, 0.2) is 0 Å². The first-order valence-corrected chi connectivity index (χ1v) is 8.18. The molecule has 1 aromatic rings. The van der Waals surface area contributed by atoms with Gasteiger partial charge in [0.1, 0.15) is 11.6 Å². The Morgan fingerprint density at radius 1 is 1.19 bits per heavy atom. The zero-order chi connectivity index (χ0) is 15.4. The van der Waals surface area contributed by atoms with Crippen LogP contribution in [0.15, 0.2) is 18.2 Å². The molecule has 0 radical (unpaired) electrons. The SMILES string of the molecule is CCNC(Cc1ccc(F)cc1F)C1CCC(C)C(C)C1. The van der Waals surface area contributed by atoms with Crippen LogP contribution in [0.2, 0.25) is 0 Å². The summed E-state index contributed by atoms with van der Waals surface area (Å²) in [6, 6.07) is 4.21. The van der Waals surface area contributed by atoms with E-state index in [-0.39, 0.29) is 6.04 Å². The van der Waals surface area contributed by atoms with Crippen LogP contribution in [0.25, 0.3) is 0 Å². The summed E-state index contributed by atoms with van der Waals surface area (Å²) >= 11 is 0. The van der Waals surface area contributed by atoms with E-state index in [1.807, 2.05) is 0 Å². The Hall–Kier alpha value is -0.960. The van der Waals surface area contributed by atoms with E-state index in [1.165, 1.54) is 25.3 Å². The topological polar surface area (TPSA) is 12.0 Å². The van der Waals surface area contributed by atoms with Gasteiger partial charge in [-0.3, -0.25) is 0 Å². The van der Waals surface area contributed by atoms with Crippen LogP contribution < -0.4 is 5.32 Å². The third-order valence-corrected chi connectivity index (χ3v) is 5.13. The molecule has 1 saturated carbocycles. The fourth-order valence-corrected chi connectivity index (χ4v) is 3.55. The van der Waals surface area contributed by atoms with Crippen molar-refractivity contribution in [3.05, 3.63) is 35.4 Å². The Bertz CT molecular complexity index is 461. The summed E-state index contributed by atoms with van der Waals surface area (Å²) in [6.07, 6.45) is 4.29. The molecule has 4 atom stereocenters. The molecule has 1 fully saturated rings. The highest BCUT2D eigenvalue weighted by Gasteiger charge is 2.30. The molecule has 0 saturated heterocycles. The van der Waals surface area contributed by atoms with Gasteiger partial charge in [-0.05, 0) is 55.2 Å². The maximum atomic E-state index is 13.9. The minimum absolute atomic E-state index is 0.282. The van der Waals surface area contributed by atoms with Gasteiger partial charge in [-0.15, -0.1) is 0 Å². The summed E-state index contributed by atoms with van der Waals surface area (Å²) < 4.78 is 26.9. The Labute approximate surface area is 127 Å². The Morgan fingerprint density at radius 2 is 1.95 bits per heavy atom. The number of halogens is 2. The first-order valence-electron chi connectivity index (χ1n) is 8.18. The highest BCUT2D eigenvalue weighted by Crippen LogP contribution is 2.35. The van der Waals surface area contributed by atoms with Crippen molar-refractivity contribution in [3.63, 3.8) is 0 Å². The summed E-state index contributed by atoms with van der Waals surface area (Å²) in [4.78, 5) is 0. The van der Waals surface area contributed by atoms with Gasteiger partial charge in [0.2, 0.25) is 0 Å². The lowest BCUT2D eigenvalue weighted by molar-refractivity contribution is 0.170. The minimum Gasteiger partial charge on any atom is -0.314 e. The van der Waals surface area contributed by atoms with Gasteiger partial charge in [-0.1, -0.05) is 33.3 Å². The van der Waals surface area contributed by atoms with E-state index in [0.29, 0.717) is 17.9 Å². The summed E-state index contributed by atoms with van der Waals surface area (Å²) in [5.74, 6) is 1.17. The lowest BCUT2D eigenvalue weighted by Gasteiger charge is -2.37. The quantitative estimate of drug-likeness (QED) is 0.840. The van der Waals surface area contributed by atoms with Crippen LogP contribution in [0.1, 0.15) is 45.6 Å². The predicted octanol–water partition coefficient (Wildman–Crippen LogP) is 4.56. The van der Waals surface area contributed by atoms with Crippen LogP contribution in [0, 0.1) is 29.4 Å². The van der Waals surface area contributed by atoms with Gasteiger partial charge in [-0.25, -0.2) is 8.78 Å². The highest BCUT2D eigenvalue weighted by molar-refractivity contribution is 5.20. The third-order valence-electron chi connectivity index (χ3n) is 5.13. The molecule has 0 amide bonds. The first-order chi connectivity index (χ1) is 10.0. The van der Waals surface area contributed by atoms with Crippen molar-refractivity contribution < 1.29 is 8.78 Å². The highest BCUT2D eigenvalue weighted by atomic mass is 19.1. The van der Waals surface area contributed by atoms with Crippen LogP contribution in [0.5, 0.6) is 0 Å². The van der Waals surface area contributed by atoms with Crippen molar-refractivity contribution in [2.24, 2.45) is 17.8 Å². The summed E-state index contributed by atoms with van der Waals surface area (Å²) in [7, 11) is 0. The van der Waals surface area contributed by atoms with Gasteiger partial charge in [0, 0.05) is 12.1 Å². The van der Waals surface area contributed by atoms with Crippen LogP contribution in [0.3, 0.4) is 0 Å². The van der Waals surface area contributed by atoms with Crippen LogP contribution in [-0.2, 0) is 6.42 Å². The molecule has 0 aliphatic heterocycles. The normalized spacial score (nSPS) is 27.6. The van der Waals surface area contributed by atoms with Crippen molar-refractivity contribution >= 4 is 0 Å². The van der Waals surface area contributed by atoms with E-state index in [4.69, 9.17) is 0 Å². The lowest BCUT2D eigenvalue weighted by Crippen LogP contribution is -2.41. The summed E-state index contributed by atoms with van der Waals surface area (Å²) in [6.45, 7) is 7.61. The molecule has 1 nitrogen and oxygen atoms in total. The molecule has 0 bridgehead atoms. The van der Waals surface area contributed by atoms with Gasteiger partial charge in [-0.2, -0.15) is 0 Å². The third kappa shape index (κ3) is 4.26. The van der Waals surface area contributed by atoms with Gasteiger partial charge < -0.3 is 5.32 Å². The Balaban J connectivity index is 2.08. The summed E-state index contributed by atoms with van der Waals surface area (Å²) in [5.41, 5.74) is 0.619. The van der Waals surface area contributed by atoms with E-state index < -0.39 is 11.6 Å². The summed E-state index contributed by atoms with van der Waals surface area (Å²) in [5, 5.41) is 3.52. The molecule has 3 heteroatoms. The lowest BCUT2D eigenvalue weighted by atomic mass is 9.72. The number of hydrogen-bond donors (Lipinski definition) is 1. The molecule has 0 aromatic heterocycles. The molecule has 0 heterocycles. The zero-order valence-corrected chi connectivity index (χ0v) is 13.3. The number of hydrogen-bond acceptors (Lipinski definition) is 1. The molecule has 1 N–H and O–H groups in total. The molecule has 1 aromatic carbocycles. The molecule has 118 valence electrons. The zero-order valence-electron chi connectivity index (χ0n) is 13.3. The first kappa shape index (κ1) is 16.4. The van der Waals surface area contributed by atoms with E-state index in [0.717, 1.165) is 24.4 Å². The van der Waals surface area contributed by atoms with Gasteiger partial charge in [0.05, 0.1) is 0 Å². The van der Waals surface area contributed by atoms with Crippen molar-refractivity contribution in [3.8, 4) is 0 Å². The molecule has 2 rings (SSSR count). The fraction of sp³-hybridized carbons (Fsp3) is 0.667. The minimum atomic E-state index is -0.503. The van der Waals surface area contributed by atoms with Crippen molar-refractivity contribution in [2.45, 2.75) is 52.5 Å². The average Bonchev–Trinajstić information content (AvgIpc) is 2.44. The number of likely N-dealkylation sites (N-methyl/N-ethyl adjacent to an activating group) is 1. The molecule has 1 aliphatic carbocycles. The monoisotopic (exact) mass is 295 g/mol. The van der Waals surface area contributed by atoms with Crippen LogP contribution in [-0.4, -0.2) is 12.6 Å². The average molecular weight is 295 g/mol. The standard InChI is InChI=1S/C18H27F2N/c1-4-21-18(15-6-5-12(2)13(3)9-15)10-14-7-8-16(19)11-17(14)20/h7-8,11-13,15,18,21H,4-6,9-10H2,1-3H3. The van der Waals surface area contributed by atoms with E-state index in [2.05, 4.69) is 26.1 Å². The van der Waals surface area contributed by atoms with Crippen molar-refractivity contribution in [2.75, 3.05) is 6.54 Å². The number of benzene rings is 1. The fourth-order valence-electron chi connectivity index (χ4n) is 3.55. The van der Waals surface area contributed by atoms with Crippen molar-refractivity contribution in [1.29, 1.82) is 0 Å². The Morgan fingerprint density at radius 3 is 2.57 bits per heavy atom. The maximum Gasteiger partial charge on any atom is 0.129 e. The van der Waals surface area contributed by atoms with E-state index in [1.54, 1.807) is 6.07 Å². The van der Waals surface area contributed by atoms with Crippen LogP contribution in [0.4, 0.5) is 8.78 Å². The maximum absolute atomic E-state index is 13.9. The molecule has 21 heavy (non-hydrogen) atoms. The van der Waals surface area contributed by atoms with Crippen molar-refractivity contribution in [1.82, 2.24) is 5.32 Å². The van der Waals surface area contributed by atoms with Gasteiger partial charge >= 0.3 is 0 Å². The molecule has 4 unspecified atom stereocenters. The largest absolute Gasteiger partial charge is 0.314 e. The molecular weight excluding hydrogens is 268 g/mol. The predicted molar refractivity (Wildman–Crippen MR) is 83.2 cm³/mol. The Kier molecular flexibility index (Phi) is 5.74. The number of nitrogens with one attached hydrogen (secondary N) is 1. The van der Waals surface area contributed by atoms with Gasteiger partial charge in [0.25, 0.3) is 0 Å². The molecule has 0 spiro atoms. The molecular formula is C18H27F2N. The van der Waals surface area contributed by atoms with Crippen LogP contribution >= 0.6 is 0 Å². The van der Waals surface area contributed by atoms with E-state index >= 15 is 0 Å².